The molecular weight excluding hydrogens is 274 g/mol. The summed E-state index contributed by atoms with van der Waals surface area (Å²) in [5, 5.41) is 18.0. The lowest BCUT2D eigenvalue weighted by Crippen LogP contribution is -2.18. The predicted octanol–water partition coefficient (Wildman–Crippen LogP) is 2.45. The van der Waals surface area contributed by atoms with Gasteiger partial charge in [0.1, 0.15) is 5.82 Å². The van der Waals surface area contributed by atoms with Gasteiger partial charge in [0.25, 0.3) is 0 Å². The number of aromatic nitrogens is 3. The van der Waals surface area contributed by atoms with Crippen LogP contribution in [0.4, 0.5) is 0 Å². The van der Waals surface area contributed by atoms with Gasteiger partial charge in [0, 0.05) is 13.0 Å². The lowest BCUT2D eigenvalue weighted by atomic mass is 9.98. The van der Waals surface area contributed by atoms with Crippen molar-refractivity contribution in [1.29, 1.82) is 0 Å². The number of hydrogen-bond acceptors (Lipinski definition) is 4. The van der Waals surface area contributed by atoms with Gasteiger partial charge in [-0.1, -0.05) is 18.7 Å². The number of carbonyl (C=O) groups is 1. The topological polar surface area (TPSA) is 68.0 Å². The molecule has 1 N–H and O–H groups in total. The van der Waals surface area contributed by atoms with Crippen molar-refractivity contribution in [2.45, 2.75) is 50.7 Å². The summed E-state index contributed by atoms with van der Waals surface area (Å²) in [5.41, 5.74) is 0. The zero-order valence-corrected chi connectivity index (χ0v) is 12.6. The predicted molar refractivity (Wildman–Crippen MR) is 76.7 cm³/mol. The molecule has 2 fully saturated rings. The Kier molecular flexibility index (Phi) is 4.01. The molecule has 110 valence electrons. The number of aliphatic carboxylic acids is 1. The molecule has 2 aliphatic rings. The van der Waals surface area contributed by atoms with Crippen molar-refractivity contribution in [2.24, 2.45) is 17.8 Å². The molecule has 1 aromatic heterocycles. The summed E-state index contributed by atoms with van der Waals surface area (Å²) in [5.74, 6) is 2.76. The minimum atomic E-state index is -0.802. The van der Waals surface area contributed by atoms with Gasteiger partial charge in [-0.15, -0.1) is 10.2 Å². The van der Waals surface area contributed by atoms with Crippen LogP contribution in [0.15, 0.2) is 5.16 Å². The third-order valence-electron chi connectivity index (χ3n) is 4.28. The molecule has 1 aromatic rings. The Morgan fingerprint density at radius 1 is 1.35 bits per heavy atom. The first-order valence-electron chi connectivity index (χ1n) is 7.45. The van der Waals surface area contributed by atoms with Crippen LogP contribution in [-0.2, 0) is 17.8 Å². The van der Waals surface area contributed by atoms with E-state index in [-0.39, 0.29) is 5.75 Å². The molecule has 1 heterocycles. The number of carboxylic acid groups (broad SMARTS) is 1. The van der Waals surface area contributed by atoms with Gasteiger partial charge in [0.2, 0.25) is 0 Å². The molecule has 0 unspecified atom stereocenters. The Morgan fingerprint density at radius 3 is 2.50 bits per heavy atom. The fourth-order valence-electron chi connectivity index (χ4n) is 2.94. The maximum Gasteiger partial charge on any atom is 0.313 e. The van der Waals surface area contributed by atoms with Gasteiger partial charge >= 0.3 is 5.97 Å². The van der Waals surface area contributed by atoms with Crippen molar-refractivity contribution in [3.63, 3.8) is 0 Å². The highest BCUT2D eigenvalue weighted by molar-refractivity contribution is 7.99. The van der Waals surface area contributed by atoms with Crippen LogP contribution in [0.25, 0.3) is 0 Å². The summed E-state index contributed by atoms with van der Waals surface area (Å²) < 4.78 is 2.18. The Balaban J connectivity index is 1.74. The molecule has 2 aliphatic carbocycles. The lowest BCUT2D eigenvalue weighted by Gasteiger charge is -2.18. The summed E-state index contributed by atoms with van der Waals surface area (Å²) in [6.07, 6.45) is 6.30. The standard InChI is InChI=1S/C14H21N3O2S/c1-2-12-15-16-14(20-8-13(18)19)17(12)7-11(9-3-4-9)10-5-6-10/h9-11H,2-8H2,1H3,(H,18,19). The molecule has 0 aromatic carbocycles. The molecule has 0 saturated heterocycles. The van der Waals surface area contributed by atoms with Crippen LogP contribution >= 0.6 is 11.8 Å². The highest BCUT2D eigenvalue weighted by Gasteiger charge is 2.41. The number of thioether (sulfide) groups is 1. The third kappa shape index (κ3) is 3.16. The van der Waals surface area contributed by atoms with E-state index >= 15 is 0 Å². The monoisotopic (exact) mass is 295 g/mol. The molecule has 0 aliphatic heterocycles. The second-order valence-corrected chi connectivity index (χ2v) is 6.83. The number of hydrogen-bond donors (Lipinski definition) is 1. The Morgan fingerprint density at radius 2 is 2.00 bits per heavy atom. The van der Waals surface area contributed by atoms with Crippen molar-refractivity contribution in [3.05, 3.63) is 5.82 Å². The van der Waals surface area contributed by atoms with Crippen molar-refractivity contribution in [3.8, 4) is 0 Å². The Labute approximate surface area is 123 Å². The van der Waals surface area contributed by atoms with Gasteiger partial charge in [0.05, 0.1) is 5.75 Å². The average molecular weight is 295 g/mol. The third-order valence-corrected chi connectivity index (χ3v) is 5.23. The fourth-order valence-corrected chi connectivity index (χ4v) is 3.63. The van der Waals surface area contributed by atoms with E-state index in [0.29, 0.717) is 0 Å². The lowest BCUT2D eigenvalue weighted by molar-refractivity contribution is -0.133. The van der Waals surface area contributed by atoms with E-state index in [1.165, 1.54) is 37.4 Å². The first-order chi connectivity index (χ1) is 9.69. The van der Waals surface area contributed by atoms with Crippen molar-refractivity contribution >= 4 is 17.7 Å². The van der Waals surface area contributed by atoms with E-state index in [9.17, 15) is 4.79 Å². The summed E-state index contributed by atoms with van der Waals surface area (Å²) in [6, 6.07) is 0. The molecule has 0 bridgehead atoms. The van der Waals surface area contributed by atoms with Crippen LogP contribution in [0.1, 0.15) is 38.4 Å². The minimum absolute atomic E-state index is 0.0549. The van der Waals surface area contributed by atoms with E-state index in [0.717, 1.165) is 41.7 Å². The quantitative estimate of drug-likeness (QED) is 0.746. The van der Waals surface area contributed by atoms with E-state index in [1.54, 1.807) is 0 Å². The van der Waals surface area contributed by atoms with Gasteiger partial charge in [-0.25, -0.2) is 0 Å². The van der Waals surface area contributed by atoms with Crippen LogP contribution in [0.2, 0.25) is 0 Å². The minimum Gasteiger partial charge on any atom is -0.481 e. The molecule has 0 radical (unpaired) electrons. The van der Waals surface area contributed by atoms with Crippen LogP contribution in [-0.4, -0.2) is 31.6 Å². The number of aryl methyl sites for hydroxylation is 1. The summed E-state index contributed by atoms with van der Waals surface area (Å²) >= 11 is 1.29. The molecular formula is C14H21N3O2S. The van der Waals surface area contributed by atoms with Gasteiger partial charge in [-0.05, 0) is 43.4 Å². The van der Waals surface area contributed by atoms with Crippen LogP contribution in [0.3, 0.4) is 0 Å². The largest absolute Gasteiger partial charge is 0.481 e. The fraction of sp³-hybridized carbons (Fsp3) is 0.786. The van der Waals surface area contributed by atoms with Gasteiger partial charge in [-0.3, -0.25) is 4.79 Å². The van der Waals surface area contributed by atoms with Crippen molar-refractivity contribution < 1.29 is 9.90 Å². The highest BCUT2D eigenvalue weighted by Crippen LogP contribution is 2.50. The van der Waals surface area contributed by atoms with Crippen LogP contribution in [0.5, 0.6) is 0 Å². The second kappa shape index (κ2) is 5.76. The molecule has 0 spiro atoms. The molecule has 3 rings (SSSR count). The zero-order valence-electron chi connectivity index (χ0n) is 11.8. The summed E-state index contributed by atoms with van der Waals surface area (Å²) in [4.78, 5) is 10.7. The maximum atomic E-state index is 10.7. The molecule has 0 amide bonds. The summed E-state index contributed by atoms with van der Waals surface area (Å²) in [7, 11) is 0. The molecule has 20 heavy (non-hydrogen) atoms. The first kappa shape index (κ1) is 13.9. The van der Waals surface area contributed by atoms with Gasteiger partial charge < -0.3 is 9.67 Å². The van der Waals surface area contributed by atoms with E-state index in [1.807, 2.05) is 0 Å². The van der Waals surface area contributed by atoms with Crippen LogP contribution in [0, 0.1) is 17.8 Å². The van der Waals surface area contributed by atoms with Crippen LogP contribution < -0.4 is 0 Å². The highest BCUT2D eigenvalue weighted by atomic mass is 32.2. The number of rotatable bonds is 8. The molecule has 0 atom stereocenters. The SMILES string of the molecule is CCc1nnc(SCC(=O)O)n1CC(C1CC1)C1CC1. The summed E-state index contributed by atoms with van der Waals surface area (Å²) in [6.45, 7) is 3.06. The molecule has 2 saturated carbocycles. The number of carboxylic acids is 1. The smallest absolute Gasteiger partial charge is 0.313 e. The normalized spacial score (nSPS) is 18.7. The average Bonchev–Trinajstić information content (AvgIpc) is 3.32. The van der Waals surface area contributed by atoms with Crippen molar-refractivity contribution in [1.82, 2.24) is 14.8 Å². The van der Waals surface area contributed by atoms with Gasteiger partial charge in [-0.2, -0.15) is 0 Å². The first-order valence-corrected chi connectivity index (χ1v) is 8.44. The van der Waals surface area contributed by atoms with Gasteiger partial charge in [0.15, 0.2) is 5.16 Å². The number of nitrogens with zero attached hydrogens (tertiary/aromatic N) is 3. The Hall–Kier alpha value is -1.04. The van der Waals surface area contributed by atoms with Crippen molar-refractivity contribution in [2.75, 3.05) is 5.75 Å². The maximum absolute atomic E-state index is 10.7. The molecule has 6 heteroatoms. The molecule has 5 nitrogen and oxygen atoms in total. The zero-order chi connectivity index (χ0) is 14.1. The second-order valence-electron chi connectivity index (χ2n) is 5.88. The van der Waals surface area contributed by atoms with E-state index < -0.39 is 5.97 Å². The van der Waals surface area contributed by atoms with E-state index in [4.69, 9.17) is 5.11 Å². The van der Waals surface area contributed by atoms with E-state index in [2.05, 4.69) is 21.7 Å². The Bertz CT molecular complexity index is 483.